The quantitative estimate of drug-likeness (QED) is 0.417. The van der Waals surface area contributed by atoms with Crippen molar-refractivity contribution in [2.45, 2.75) is 12.2 Å². The topological polar surface area (TPSA) is 87.3 Å². The second-order valence-electron chi connectivity index (χ2n) is 7.82. The van der Waals surface area contributed by atoms with Gasteiger partial charge < -0.3 is 16.0 Å². The van der Waals surface area contributed by atoms with Crippen molar-refractivity contribution >= 4 is 35.0 Å². The molecule has 0 bridgehead atoms. The predicted molar refractivity (Wildman–Crippen MR) is 120 cm³/mol. The first kappa shape index (κ1) is 25.1. The Morgan fingerprint density at radius 3 is 2.31 bits per heavy atom. The minimum absolute atomic E-state index is 0.0491. The molecular weight excluding hydrogens is 509 g/mol. The number of carbonyl (C=O) groups is 3. The van der Waals surface area contributed by atoms with Crippen molar-refractivity contribution in [1.82, 2.24) is 10.6 Å². The van der Waals surface area contributed by atoms with Gasteiger partial charge in [0.05, 0.1) is 11.6 Å². The van der Waals surface area contributed by atoms with Crippen LogP contribution in [0.4, 0.5) is 27.6 Å². The molecule has 1 aliphatic heterocycles. The van der Waals surface area contributed by atoms with E-state index in [-0.39, 0.29) is 39.0 Å². The van der Waals surface area contributed by atoms with Gasteiger partial charge in [-0.15, -0.1) is 0 Å². The fraction of sp³-hybridized carbons (Fsp3) is 0.125. The number of hydrogen-bond acceptors (Lipinski definition) is 3. The van der Waals surface area contributed by atoms with Crippen LogP contribution in [-0.2, 0) is 6.18 Å². The summed E-state index contributed by atoms with van der Waals surface area (Å²) in [7, 11) is 1.33. The van der Waals surface area contributed by atoms with E-state index in [1.54, 1.807) is 0 Å². The Balaban J connectivity index is 1.85. The number of halogens is 6. The second kappa shape index (κ2) is 9.23. The third-order valence-corrected chi connectivity index (χ3v) is 5.83. The van der Waals surface area contributed by atoms with E-state index in [4.69, 9.17) is 11.6 Å². The predicted octanol–water partition coefficient (Wildman–Crippen LogP) is 5.08. The average Bonchev–Trinajstić information content (AvgIpc) is 3.15. The fourth-order valence-corrected chi connectivity index (χ4v) is 4.09. The lowest BCUT2D eigenvalue weighted by Crippen LogP contribution is -2.21. The maximum atomic E-state index is 14.0. The summed E-state index contributed by atoms with van der Waals surface area (Å²) in [6, 6.07) is 6.12. The summed E-state index contributed by atoms with van der Waals surface area (Å²) >= 11 is 6.21. The summed E-state index contributed by atoms with van der Waals surface area (Å²) in [5, 5.41) is 7.40. The summed E-state index contributed by atoms with van der Waals surface area (Å²) in [6.45, 7) is 0. The number of anilines is 1. The van der Waals surface area contributed by atoms with Gasteiger partial charge in [0.15, 0.2) is 0 Å². The lowest BCUT2D eigenvalue weighted by atomic mass is 9.94. The molecule has 3 N–H and O–H groups in total. The van der Waals surface area contributed by atoms with Crippen molar-refractivity contribution in [3.8, 4) is 0 Å². The van der Waals surface area contributed by atoms with Crippen LogP contribution in [0.1, 0.15) is 53.8 Å². The standard InChI is InChI=1S/C24H15ClF5N3O3/c1-31-21(34)11-6-16-19(20(33-23(16)36)15-9-13(26)2-3-17(15)25)18(7-11)32-22(35)10-4-12(24(28,29)30)8-14(27)5-10/h2-9,20H,1H3,(H,31,34)(H,32,35)(H,33,36). The van der Waals surface area contributed by atoms with Gasteiger partial charge in [0.2, 0.25) is 0 Å². The Morgan fingerprint density at radius 2 is 1.64 bits per heavy atom. The second-order valence-corrected chi connectivity index (χ2v) is 8.22. The monoisotopic (exact) mass is 523 g/mol. The van der Waals surface area contributed by atoms with Gasteiger partial charge in [-0.1, -0.05) is 11.6 Å². The molecule has 1 heterocycles. The molecule has 12 heteroatoms. The number of amides is 3. The number of alkyl halides is 3. The molecule has 6 nitrogen and oxygen atoms in total. The van der Waals surface area contributed by atoms with Crippen molar-refractivity contribution < 1.29 is 36.3 Å². The molecule has 3 amide bonds. The van der Waals surface area contributed by atoms with Crippen molar-refractivity contribution in [2.75, 3.05) is 12.4 Å². The van der Waals surface area contributed by atoms with E-state index in [1.165, 1.54) is 25.2 Å². The smallest absolute Gasteiger partial charge is 0.355 e. The maximum absolute atomic E-state index is 14.0. The highest BCUT2D eigenvalue weighted by molar-refractivity contribution is 6.31. The van der Waals surface area contributed by atoms with Gasteiger partial charge in [0, 0.05) is 45.6 Å². The van der Waals surface area contributed by atoms with E-state index in [1.807, 2.05) is 0 Å². The Bertz CT molecular complexity index is 1420. The molecule has 3 aromatic carbocycles. The minimum atomic E-state index is -4.91. The molecule has 0 radical (unpaired) electrons. The Labute approximate surface area is 205 Å². The van der Waals surface area contributed by atoms with Crippen molar-refractivity contribution in [3.63, 3.8) is 0 Å². The van der Waals surface area contributed by atoms with Crippen LogP contribution in [0.5, 0.6) is 0 Å². The maximum Gasteiger partial charge on any atom is 0.416 e. The number of rotatable bonds is 4. The molecule has 0 spiro atoms. The van der Waals surface area contributed by atoms with Gasteiger partial charge >= 0.3 is 6.18 Å². The van der Waals surface area contributed by atoms with Gasteiger partial charge in [0.1, 0.15) is 11.6 Å². The van der Waals surface area contributed by atoms with Crippen molar-refractivity contribution in [2.24, 2.45) is 0 Å². The zero-order valence-corrected chi connectivity index (χ0v) is 18.9. The van der Waals surface area contributed by atoms with Gasteiger partial charge in [-0.25, -0.2) is 8.78 Å². The van der Waals surface area contributed by atoms with Gasteiger partial charge in [-0.2, -0.15) is 13.2 Å². The van der Waals surface area contributed by atoms with Crippen LogP contribution in [0.2, 0.25) is 5.02 Å². The van der Waals surface area contributed by atoms with E-state index in [0.29, 0.717) is 12.1 Å². The van der Waals surface area contributed by atoms with Gasteiger partial charge in [0.25, 0.3) is 17.7 Å². The van der Waals surface area contributed by atoms with Crippen molar-refractivity contribution in [3.05, 3.63) is 98.6 Å². The number of fused-ring (bicyclic) bond motifs is 1. The lowest BCUT2D eigenvalue weighted by molar-refractivity contribution is -0.137. The Morgan fingerprint density at radius 1 is 0.944 bits per heavy atom. The highest BCUT2D eigenvalue weighted by atomic mass is 35.5. The molecule has 4 rings (SSSR count). The summed E-state index contributed by atoms with van der Waals surface area (Å²) in [5.74, 6) is -4.38. The van der Waals surface area contributed by atoms with E-state index >= 15 is 0 Å². The molecule has 1 unspecified atom stereocenters. The summed E-state index contributed by atoms with van der Waals surface area (Å²) in [5.41, 5.74) is -2.04. The third kappa shape index (κ3) is 4.74. The van der Waals surface area contributed by atoms with Gasteiger partial charge in [-0.05, 0) is 48.5 Å². The zero-order valence-electron chi connectivity index (χ0n) is 18.2. The van der Waals surface area contributed by atoms with Crippen LogP contribution in [0.25, 0.3) is 0 Å². The normalized spacial score (nSPS) is 14.8. The number of carbonyl (C=O) groups excluding carboxylic acids is 3. The molecule has 36 heavy (non-hydrogen) atoms. The molecule has 186 valence electrons. The van der Waals surface area contributed by atoms with Crippen LogP contribution >= 0.6 is 11.6 Å². The molecule has 1 atom stereocenters. The van der Waals surface area contributed by atoms with E-state index in [2.05, 4.69) is 16.0 Å². The van der Waals surface area contributed by atoms with Crippen molar-refractivity contribution in [1.29, 1.82) is 0 Å². The number of hydrogen-bond donors (Lipinski definition) is 3. The molecule has 0 aromatic heterocycles. The third-order valence-electron chi connectivity index (χ3n) is 5.48. The van der Waals surface area contributed by atoms with Crippen LogP contribution in [0.3, 0.4) is 0 Å². The van der Waals surface area contributed by atoms with E-state index < -0.39 is 52.7 Å². The molecule has 0 fully saturated rings. The first-order chi connectivity index (χ1) is 16.9. The summed E-state index contributed by atoms with van der Waals surface area (Å²) in [4.78, 5) is 37.9. The molecular formula is C24H15ClF5N3O3. The van der Waals surface area contributed by atoms with Crippen LogP contribution in [0, 0.1) is 11.6 Å². The molecule has 0 saturated heterocycles. The number of benzene rings is 3. The van der Waals surface area contributed by atoms with Crippen LogP contribution in [-0.4, -0.2) is 24.8 Å². The lowest BCUT2D eigenvalue weighted by Gasteiger charge is -2.19. The number of nitrogens with one attached hydrogen (secondary N) is 3. The molecule has 3 aromatic rings. The zero-order chi connectivity index (χ0) is 26.4. The van der Waals surface area contributed by atoms with E-state index in [0.717, 1.165) is 12.1 Å². The minimum Gasteiger partial charge on any atom is -0.355 e. The molecule has 0 saturated carbocycles. The molecule has 1 aliphatic rings. The highest BCUT2D eigenvalue weighted by Crippen LogP contribution is 2.40. The Hall–Kier alpha value is -3.99. The van der Waals surface area contributed by atoms with E-state index in [9.17, 15) is 36.3 Å². The first-order valence-corrected chi connectivity index (χ1v) is 10.6. The van der Waals surface area contributed by atoms with Crippen LogP contribution < -0.4 is 16.0 Å². The largest absolute Gasteiger partial charge is 0.416 e. The Kier molecular flexibility index (Phi) is 6.44. The van der Waals surface area contributed by atoms with Crippen LogP contribution in [0.15, 0.2) is 48.5 Å². The summed E-state index contributed by atoms with van der Waals surface area (Å²) < 4.78 is 67.2. The molecule has 0 aliphatic carbocycles. The fourth-order valence-electron chi connectivity index (χ4n) is 3.86. The summed E-state index contributed by atoms with van der Waals surface area (Å²) in [6.07, 6.45) is -4.91. The highest BCUT2D eigenvalue weighted by Gasteiger charge is 2.36. The van der Waals surface area contributed by atoms with Gasteiger partial charge in [-0.3, -0.25) is 14.4 Å². The first-order valence-electron chi connectivity index (χ1n) is 10.2. The average molecular weight is 524 g/mol. The SMILES string of the molecule is CNC(=O)c1cc(NC(=O)c2cc(F)cc(C(F)(F)F)c2)c2c(c1)C(=O)NC2c1cc(F)ccc1Cl.